The van der Waals surface area contributed by atoms with E-state index >= 15 is 0 Å². The van der Waals surface area contributed by atoms with Crippen LogP contribution in [0.25, 0.3) is 0 Å². The Kier molecular flexibility index (Phi) is 7.35. The molecule has 0 fully saturated rings. The molecule has 120 valence electrons. The summed E-state index contributed by atoms with van der Waals surface area (Å²) in [6.07, 6.45) is 0.802. The van der Waals surface area contributed by atoms with Crippen molar-refractivity contribution in [3.8, 4) is 0 Å². The summed E-state index contributed by atoms with van der Waals surface area (Å²) in [4.78, 5) is 15.8. The molecule has 1 atom stereocenters. The van der Waals surface area contributed by atoms with Gasteiger partial charge in [-0.1, -0.05) is 26.8 Å². The van der Waals surface area contributed by atoms with Gasteiger partial charge in [-0.3, -0.25) is 4.79 Å². The highest BCUT2D eigenvalue weighted by Gasteiger charge is 2.27. The Morgan fingerprint density at radius 3 is 2.67 bits per heavy atom. The summed E-state index contributed by atoms with van der Waals surface area (Å²) in [6, 6.07) is 4.06. The second kappa shape index (κ2) is 8.51. The molecule has 1 heterocycles. The number of thiophene rings is 1. The van der Waals surface area contributed by atoms with Crippen LogP contribution in [0.2, 0.25) is 0 Å². The first-order valence-electron chi connectivity index (χ1n) is 7.37. The van der Waals surface area contributed by atoms with Crippen molar-refractivity contribution < 1.29 is 9.53 Å². The predicted molar refractivity (Wildman–Crippen MR) is 88.2 cm³/mol. The van der Waals surface area contributed by atoms with Crippen LogP contribution in [0.3, 0.4) is 0 Å². The van der Waals surface area contributed by atoms with E-state index in [2.05, 4.69) is 26.8 Å². The molecule has 1 aromatic rings. The van der Waals surface area contributed by atoms with E-state index < -0.39 is 0 Å². The van der Waals surface area contributed by atoms with E-state index in [4.69, 9.17) is 10.5 Å². The normalized spacial score (nSPS) is 13.2. The fraction of sp³-hybridized carbons (Fsp3) is 0.688. The quantitative estimate of drug-likeness (QED) is 0.803. The molecule has 21 heavy (non-hydrogen) atoms. The minimum absolute atomic E-state index is 0.0928. The summed E-state index contributed by atoms with van der Waals surface area (Å²) < 4.78 is 5.13. The lowest BCUT2D eigenvalue weighted by Crippen LogP contribution is -2.41. The van der Waals surface area contributed by atoms with Crippen molar-refractivity contribution in [2.24, 2.45) is 17.1 Å². The summed E-state index contributed by atoms with van der Waals surface area (Å²) in [6.45, 7) is 8.60. The number of methoxy groups -OCH3 is 1. The molecule has 1 aromatic heterocycles. The maximum atomic E-state index is 12.8. The van der Waals surface area contributed by atoms with Crippen molar-refractivity contribution in [3.63, 3.8) is 0 Å². The molecular weight excluding hydrogens is 284 g/mol. The van der Waals surface area contributed by atoms with Gasteiger partial charge in [0.1, 0.15) is 0 Å². The van der Waals surface area contributed by atoms with Crippen LogP contribution in [0, 0.1) is 11.3 Å². The van der Waals surface area contributed by atoms with Gasteiger partial charge in [0, 0.05) is 25.1 Å². The fourth-order valence-electron chi connectivity index (χ4n) is 2.33. The second-order valence-corrected chi connectivity index (χ2v) is 7.56. The lowest BCUT2D eigenvalue weighted by Gasteiger charge is -2.30. The molecule has 0 spiro atoms. The van der Waals surface area contributed by atoms with Crippen LogP contribution in [0.15, 0.2) is 17.5 Å². The van der Waals surface area contributed by atoms with Crippen LogP contribution in [-0.2, 0) is 16.1 Å². The van der Waals surface area contributed by atoms with Gasteiger partial charge in [0.15, 0.2) is 0 Å². The minimum Gasteiger partial charge on any atom is -0.383 e. The number of rotatable bonds is 8. The summed E-state index contributed by atoms with van der Waals surface area (Å²) >= 11 is 1.67. The maximum Gasteiger partial charge on any atom is 0.227 e. The van der Waals surface area contributed by atoms with Crippen molar-refractivity contribution in [2.45, 2.75) is 33.7 Å². The lowest BCUT2D eigenvalue weighted by molar-refractivity contribution is -0.137. The van der Waals surface area contributed by atoms with Gasteiger partial charge < -0.3 is 15.4 Å². The molecule has 1 amide bonds. The van der Waals surface area contributed by atoms with E-state index in [-0.39, 0.29) is 17.2 Å². The van der Waals surface area contributed by atoms with Crippen molar-refractivity contribution in [2.75, 3.05) is 26.8 Å². The first-order chi connectivity index (χ1) is 9.87. The first kappa shape index (κ1) is 18.1. The number of amides is 1. The van der Waals surface area contributed by atoms with Crippen LogP contribution in [0.1, 0.15) is 32.1 Å². The number of ether oxygens (including phenoxy) is 1. The third kappa shape index (κ3) is 6.59. The zero-order chi connectivity index (χ0) is 15.9. The zero-order valence-corrected chi connectivity index (χ0v) is 14.4. The molecule has 0 radical (unpaired) electrons. The monoisotopic (exact) mass is 312 g/mol. The molecule has 0 aliphatic carbocycles. The second-order valence-electron chi connectivity index (χ2n) is 6.53. The Morgan fingerprint density at radius 1 is 1.48 bits per heavy atom. The van der Waals surface area contributed by atoms with Gasteiger partial charge in [0.2, 0.25) is 5.91 Å². The Morgan fingerprint density at radius 2 is 2.19 bits per heavy atom. The van der Waals surface area contributed by atoms with Gasteiger partial charge in [-0.05, 0) is 23.3 Å². The molecule has 1 unspecified atom stereocenters. The number of nitrogens with zero attached hydrogens (tertiary/aromatic N) is 1. The Bertz CT molecular complexity index is 412. The molecular formula is C16H28N2O2S. The van der Waals surface area contributed by atoms with Crippen LogP contribution >= 0.6 is 11.3 Å². The Balaban J connectivity index is 2.76. The number of nitrogens with two attached hydrogens (primary N) is 1. The van der Waals surface area contributed by atoms with Crippen LogP contribution in [-0.4, -0.2) is 37.6 Å². The topological polar surface area (TPSA) is 55.6 Å². The van der Waals surface area contributed by atoms with Gasteiger partial charge >= 0.3 is 0 Å². The van der Waals surface area contributed by atoms with E-state index in [1.165, 1.54) is 4.88 Å². The first-order valence-corrected chi connectivity index (χ1v) is 8.25. The zero-order valence-electron chi connectivity index (χ0n) is 13.6. The third-order valence-electron chi connectivity index (χ3n) is 3.30. The highest BCUT2D eigenvalue weighted by Crippen LogP contribution is 2.26. The van der Waals surface area contributed by atoms with Gasteiger partial charge in [-0.25, -0.2) is 0 Å². The molecule has 0 aromatic carbocycles. The van der Waals surface area contributed by atoms with E-state index in [0.717, 1.165) is 6.42 Å². The highest BCUT2D eigenvalue weighted by molar-refractivity contribution is 7.09. The Labute approximate surface area is 132 Å². The number of carbonyl (C=O) groups is 1. The predicted octanol–water partition coefficient (Wildman–Crippen LogP) is 2.73. The molecule has 0 saturated carbocycles. The number of carbonyl (C=O) groups excluding carboxylic acids is 1. The standard InChI is InChI=1S/C16H28N2O2S/c1-16(2,3)10-13(11-17)15(19)18(7-8-20-4)12-14-6-5-9-21-14/h5-6,9,13H,7-8,10-12,17H2,1-4H3. The number of hydrogen-bond donors (Lipinski definition) is 1. The van der Waals surface area contributed by atoms with Gasteiger partial charge in [0.25, 0.3) is 0 Å². The maximum absolute atomic E-state index is 12.8. The highest BCUT2D eigenvalue weighted by atomic mass is 32.1. The number of hydrogen-bond acceptors (Lipinski definition) is 4. The molecule has 0 saturated heterocycles. The van der Waals surface area contributed by atoms with Gasteiger partial charge in [-0.15, -0.1) is 11.3 Å². The van der Waals surface area contributed by atoms with E-state index in [1.807, 2.05) is 16.3 Å². The summed E-state index contributed by atoms with van der Waals surface area (Å²) in [5.41, 5.74) is 5.94. The fourth-order valence-corrected chi connectivity index (χ4v) is 3.05. The van der Waals surface area contributed by atoms with Gasteiger partial charge in [0.05, 0.1) is 19.1 Å². The van der Waals surface area contributed by atoms with Crippen LogP contribution in [0.5, 0.6) is 0 Å². The molecule has 0 aliphatic rings. The Hall–Kier alpha value is -0.910. The molecule has 5 heteroatoms. The van der Waals surface area contributed by atoms with E-state index in [9.17, 15) is 4.79 Å². The van der Waals surface area contributed by atoms with Crippen molar-refractivity contribution in [1.82, 2.24) is 4.90 Å². The average Bonchev–Trinajstić information content (AvgIpc) is 2.92. The van der Waals surface area contributed by atoms with Crippen LogP contribution in [0.4, 0.5) is 0 Å². The molecule has 4 nitrogen and oxygen atoms in total. The molecule has 0 bridgehead atoms. The molecule has 2 N–H and O–H groups in total. The van der Waals surface area contributed by atoms with Crippen molar-refractivity contribution in [1.29, 1.82) is 0 Å². The SMILES string of the molecule is COCCN(Cc1cccs1)C(=O)C(CN)CC(C)(C)C. The smallest absolute Gasteiger partial charge is 0.227 e. The van der Waals surface area contributed by atoms with Crippen LogP contribution < -0.4 is 5.73 Å². The van der Waals surface area contributed by atoms with Crippen molar-refractivity contribution in [3.05, 3.63) is 22.4 Å². The average molecular weight is 312 g/mol. The van der Waals surface area contributed by atoms with Gasteiger partial charge in [-0.2, -0.15) is 0 Å². The van der Waals surface area contributed by atoms with E-state index in [1.54, 1.807) is 18.4 Å². The summed E-state index contributed by atoms with van der Waals surface area (Å²) in [7, 11) is 1.66. The lowest BCUT2D eigenvalue weighted by atomic mass is 9.84. The summed E-state index contributed by atoms with van der Waals surface area (Å²) in [5.74, 6) is 0.0136. The molecule has 0 aliphatic heterocycles. The van der Waals surface area contributed by atoms with E-state index in [0.29, 0.717) is 26.2 Å². The summed E-state index contributed by atoms with van der Waals surface area (Å²) in [5, 5.41) is 2.03. The van der Waals surface area contributed by atoms with Crippen molar-refractivity contribution >= 4 is 17.2 Å². The minimum atomic E-state index is -0.123. The third-order valence-corrected chi connectivity index (χ3v) is 4.16. The molecule has 1 rings (SSSR count). The largest absolute Gasteiger partial charge is 0.383 e.